The summed E-state index contributed by atoms with van der Waals surface area (Å²) < 4.78 is 5.85. The van der Waals surface area contributed by atoms with Gasteiger partial charge in [0.25, 0.3) is 0 Å². The van der Waals surface area contributed by atoms with Crippen molar-refractivity contribution in [3.63, 3.8) is 0 Å². The monoisotopic (exact) mass is 429 g/mol. The van der Waals surface area contributed by atoms with Crippen LogP contribution in [0, 0.1) is 6.92 Å². The fourth-order valence-electron chi connectivity index (χ4n) is 2.89. The predicted molar refractivity (Wildman–Crippen MR) is 114 cm³/mol. The molecular formula is C21H24ClN5O3. The van der Waals surface area contributed by atoms with E-state index >= 15 is 0 Å². The molecule has 158 valence electrons. The summed E-state index contributed by atoms with van der Waals surface area (Å²) in [6, 6.07) is 10.4. The number of aryl methyl sites for hydroxylation is 1. The number of benzene rings is 2. The molecule has 30 heavy (non-hydrogen) atoms. The summed E-state index contributed by atoms with van der Waals surface area (Å²) in [7, 11) is 0. The Kier molecular flexibility index (Phi) is 6.69. The van der Waals surface area contributed by atoms with Gasteiger partial charge in [0, 0.05) is 16.1 Å². The van der Waals surface area contributed by atoms with E-state index in [2.05, 4.69) is 29.3 Å². The largest absolute Gasteiger partial charge is 0.491 e. The summed E-state index contributed by atoms with van der Waals surface area (Å²) in [5.41, 5.74) is 8.23. The Bertz CT molecular complexity index is 1030. The van der Waals surface area contributed by atoms with Crippen LogP contribution >= 0.6 is 11.6 Å². The minimum atomic E-state index is -0.833. The van der Waals surface area contributed by atoms with Gasteiger partial charge in [0.05, 0.1) is 6.54 Å². The minimum absolute atomic E-state index is 0.0744. The van der Waals surface area contributed by atoms with Crippen LogP contribution in [-0.2, 0) is 6.54 Å². The van der Waals surface area contributed by atoms with Crippen LogP contribution < -0.4 is 10.5 Å². The van der Waals surface area contributed by atoms with Crippen LogP contribution in [0.5, 0.6) is 5.75 Å². The lowest BCUT2D eigenvalue weighted by atomic mass is 10.0. The van der Waals surface area contributed by atoms with Crippen LogP contribution in [0.25, 0.3) is 11.4 Å². The highest BCUT2D eigenvalue weighted by atomic mass is 35.5. The average molecular weight is 430 g/mol. The summed E-state index contributed by atoms with van der Waals surface area (Å²) in [6.07, 6.45) is -0.833. The van der Waals surface area contributed by atoms with Gasteiger partial charge in [-0.2, -0.15) is 4.80 Å². The number of tetrazole rings is 1. The second-order valence-electron chi connectivity index (χ2n) is 7.37. The second kappa shape index (κ2) is 9.23. The first-order chi connectivity index (χ1) is 14.2. The molecule has 8 nitrogen and oxygen atoms in total. The minimum Gasteiger partial charge on any atom is -0.491 e. The van der Waals surface area contributed by atoms with E-state index in [4.69, 9.17) is 22.1 Å². The van der Waals surface area contributed by atoms with Gasteiger partial charge in [-0.25, -0.2) is 0 Å². The Morgan fingerprint density at radius 1 is 1.27 bits per heavy atom. The molecular weight excluding hydrogens is 406 g/mol. The number of ether oxygens (including phenoxy) is 1. The van der Waals surface area contributed by atoms with Crippen LogP contribution in [0.15, 0.2) is 36.4 Å². The first-order valence-corrected chi connectivity index (χ1v) is 9.91. The molecule has 3 aromatic rings. The molecule has 0 spiro atoms. The number of amides is 1. The zero-order valence-corrected chi connectivity index (χ0v) is 17.8. The van der Waals surface area contributed by atoms with Crippen molar-refractivity contribution >= 4 is 17.5 Å². The quantitative estimate of drug-likeness (QED) is 0.568. The van der Waals surface area contributed by atoms with E-state index in [0.29, 0.717) is 27.7 Å². The van der Waals surface area contributed by atoms with E-state index in [0.717, 1.165) is 11.1 Å². The first kappa shape index (κ1) is 21.7. The number of carbonyl (C=O) groups is 1. The van der Waals surface area contributed by atoms with Crippen LogP contribution in [-0.4, -0.2) is 43.9 Å². The van der Waals surface area contributed by atoms with Crippen LogP contribution in [0.4, 0.5) is 0 Å². The molecule has 3 N–H and O–H groups in total. The Morgan fingerprint density at radius 3 is 2.60 bits per heavy atom. The van der Waals surface area contributed by atoms with Gasteiger partial charge in [0.15, 0.2) is 0 Å². The van der Waals surface area contributed by atoms with Gasteiger partial charge >= 0.3 is 0 Å². The number of aliphatic hydroxyl groups excluding tert-OH is 1. The summed E-state index contributed by atoms with van der Waals surface area (Å²) >= 11 is 6.22. The normalized spacial score (nSPS) is 12.2. The van der Waals surface area contributed by atoms with E-state index in [1.54, 1.807) is 24.3 Å². The lowest BCUT2D eigenvalue weighted by molar-refractivity contribution is 0.0844. The summed E-state index contributed by atoms with van der Waals surface area (Å²) in [4.78, 5) is 12.5. The number of carbonyl (C=O) groups excluding carboxylic acids is 1. The van der Waals surface area contributed by atoms with Crippen molar-refractivity contribution in [2.24, 2.45) is 5.73 Å². The van der Waals surface area contributed by atoms with Crippen molar-refractivity contribution in [2.75, 3.05) is 6.61 Å². The summed E-state index contributed by atoms with van der Waals surface area (Å²) in [6.45, 7) is 6.22. The number of halogens is 1. The molecule has 0 saturated carbocycles. The highest BCUT2D eigenvalue weighted by Gasteiger charge is 2.15. The van der Waals surface area contributed by atoms with Gasteiger partial charge in [-0.1, -0.05) is 37.6 Å². The van der Waals surface area contributed by atoms with Crippen molar-refractivity contribution in [1.82, 2.24) is 20.2 Å². The molecule has 0 fully saturated rings. The van der Waals surface area contributed by atoms with Gasteiger partial charge in [-0.05, 0) is 53.4 Å². The number of nitrogens with two attached hydrogens (primary N) is 1. The Hall–Kier alpha value is -2.97. The molecule has 0 bridgehead atoms. The highest BCUT2D eigenvalue weighted by molar-refractivity contribution is 6.31. The third-order valence-corrected chi connectivity index (χ3v) is 5.01. The Balaban J connectivity index is 1.63. The van der Waals surface area contributed by atoms with Crippen molar-refractivity contribution in [3.05, 3.63) is 58.1 Å². The Labute approximate surface area is 179 Å². The van der Waals surface area contributed by atoms with Crippen LogP contribution in [0.2, 0.25) is 5.02 Å². The van der Waals surface area contributed by atoms with Gasteiger partial charge in [-0.15, -0.1) is 10.2 Å². The van der Waals surface area contributed by atoms with E-state index in [9.17, 15) is 9.90 Å². The number of hydrogen-bond donors (Lipinski definition) is 2. The van der Waals surface area contributed by atoms with Crippen molar-refractivity contribution in [3.8, 4) is 17.1 Å². The summed E-state index contributed by atoms with van der Waals surface area (Å²) in [5.74, 6) is 0.816. The maximum atomic E-state index is 11.2. The molecule has 0 radical (unpaired) electrons. The molecule has 0 aliphatic heterocycles. The third-order valence-electron chi connectivity index (χ3n) is 4.60. The standard InChI is InChI=1S/C21H24ClN5O3/c1-12(2)17-9-18(22)13(3)8-19(17)30-11-16(28)10-27-25-21(24-26-27)15-6-4-14(5-7-15)20(23)29/h4-9,12,16,28H,10-11H2,1-3H3,(H2,23,29). The molecule has 1 amide bonds. The zero-order valence-electron chi connectivity index (χ0n) is 17.0. The van der Waals surface area contributed by atoms with Gasteiger partial charge < -0.3 is 15.6 Å². The molecule has 9 heteroatoms. The number of nitrogens with zero attached hydrogens (tertiary/aromatic N) is 4. The third kappa shape index (κ3) is 5.14. The zero-order chi connectivity index (χ0) is 21.8. The first-order valence-electron chi connectivity index (χ1n) is 9.53. The molecule has 0 aliphatic carbocycles. The molecule has 3 rings (SSSR count). The smallest absolute Gasteiger partial charge is 0.248 e. The highest BCUT2D eigenvalue weighted by Crippen LogP contribution is 2.32. The van der Waals surface area contributed by atoms with Crippen molar-refractivity contribution in [1.29, 1.82) is 0 Å². The summed E-state index contributed by atoms with van der Waals surface area (Å²) in [5, 5.41) is 23.3. The van der Waals surface area contributed by atoms with Crippen molar-refractivity contribution in [2.45, 2.75) is 39.3 Å². The van der Waals surface area contributed by atoms with Gasteiger partial charge in [0.2, 0.25) is 11.7 Å². The van der Waals surface area contributed by atoms with Crippen LogP contribution in [0.1, 0.15) is 41.3 Å². The maximum absolute atomic E-state index is 11.2. The Morgan fingerprint density at radius 2 is 1.97 bits per heavy atom. The van der Waals surface area contributed by atoms with Gasteiger partial charge in [-0.3, -0.25) is 4.79 Å². The molecule has 1 heterocycles. The molecule has 2 aromatic carbocycles. The fourth-order valence-corrected chi connectivity index (χ4v) is 3.07. The lowest BCUT2D eigenvalue weighted by Crippen LogP contribution is -2.25. The lowest BCUT2D eigenvalue weighted by Gasteiger charge is -2.17. The van der Waals surface area contributed by atoms with Crippen LogP contribution in [0.3, 0.4) is 0 Å². The van der Waals surface area contributed by atoms with E-state index in [-0.39, 0.29) is 19.1 Å². The van der Waals surface area contributed by atoms with E-state index in [1.807, 2.05) is 19.1 Å². The number of primary amides is 1. The predicted octanol–water partition coefficient (Wildman–Crippen LogP) is 2.96. The topological polar surface area (TPSA) is 116 Å². The molecule has 1 aromatic heterocycles. The van der Waals surface area contributed by atoms with E-state index < -0.39 is 12.0 Å². The molecule has 0 saturated heterocycles. The SMILES string of the molecule is Cc1cc(OCC(O)Cn2nnc(-c3ccc(C(N)=O)cc3)n2)c(C(C)C)cc1Cl. The second-order valence-corrected chi connectivity index (χ2v) is 7.78. The maximum Gasteiger partial charge on any atom is 0.248 e. The number of rotatable bonds is 8. The molecule has 1 unspecified atom stereocenters. The molecule has 0 aliphatic rings. The fraction of sp³-hybridized carbons (Fsp3) is 0.333. The number of hydrogen-bond acceptors (Lipinski definition) is 6. The number of aliphatic hydroxyl groups is 1. The van der Waals surface area contributed by atoms with E-state index in [1.165, 1.54) is 4.80 Å². The molecule has 1 atom stereocenters. The number of aromatic nitrogens is 4. The van der Waals surface area contributed by atoms with Crippen molar-refractivity contribution < 1.29 is 14.6 Å². The van der Waals surface area contributed by atoms with Gasteiger partial charge in [0.1, 0.15) is 18.5 Å². The average Bonchev–Trinajstić information content (AvgIpc) is 3.16.